The van der Waals surface area contributed by atoms with Crippen LogP contribution in [0.1, 0.15) is 24.2 Å². The van der Waals surface area contributed by atoms with Crippen LogP contribution in [0.5, 0.6) is 0 Å². The minimum atomic E-state index is -4.35. The van der Waals surface area contributed by atoms with Gasteiger partial charge in [-0.05, 0) is 37.1 Å². The van der Waals surface area contributed by atoms with Crippen molar-refractivity contribution in [1.29, 1.82) is 0 Å². The van der Waals surface area contributed by atoms with E-state index in [-0.39, 0.29) is 6.10 Å². The van der Waals surface area contributed by atoms with E-state index >= 15 is 0 Å². The lowest BCUT2D eigenvalue weighted by Gasteiger charge is -2.09. The second-order valence-corrected chi connectivity index (χ2v) is 5.61. The third-order valence-electron chi connectivity index (χ3n) is 3.83. The highest BCUT2D eigenvalue weighted by Gasteiger charge is 2.30. The summed E-state index contributed by atoms with van der Waals surface area (Å²) < 4.78 is 49.4. The summed E-state index contributed by atoms with van der Waals surface area (Å²) in [6.07, 6.45) is -1.96. The molecule has 6 heteroatoms. The SMILES string of the molecule is FC(F)(F)c1cccc(-c2ccc(CNCC3CCCO3)o2)c1. The highest BCUT2D eigenvalue weighted by Crippen LogP contribution is 2.32. The molecule has 0 amide bonds. The zero-order chi connectivity index (χ0) is 16.3. The first-order chi connectivity index (χ1) is 11.0. The maximum atomic E-state index is 12.8. The number of hydrogen-bond donors (Lipinski definition) is 1. The van der Waals surface area contributed by atoms with E-state index in [9.17, 15) is 13.2 Å². The molecule has 1 aromatic heterocycles. The zero-order valence-electron chi connectivity index (χ0n) is 12.5. The van der Waals surface area contributed by atoms with Crippen LogP contribution in [0.2, 0.25) is 0 Å². The van der Waals surface area contributed by atoms with Crippen LogP contribution in [0.15, 0.2) is 40.8 Å². The average molecular weight is 325 g/mol. The summed E-state index contributed by atoms with van der Waals surface area (Å²) in [6.45, 7) is 2.09. The van der Waals surface area contributed by atoms with Gasteiger partial charge in [-0.15, -0.1) is 0 Å². The van der Waals surface area contributed by atoms with Crippen LogP contribution in [0, 0.1) is 0 Å². The molecule has 1 fully saturated rings. The summed E-state index contributed by atoms with van der Waals surface area (Å²) in [5.41, 5.74) is -0.255. The third kappa shape index (κ3) is 4.14. The fourth-order valence-corrected chi connectivity index (χ4v) is 2.64. The highest BCUT2D eigenvalue weighted by atomic mass is 19.4. The van der Waals surface area contributed by atoms with Crippen LogP contribution in [0.3, 0.4) is 0 Å². The average Bonchev–Trinajstić information content (AvgIpc) is 3.18. The van der Waals surface area contributed by atoms with E-state index in [0.717, 1.165) is 38.1 Å². The molecular formula is C17H18F3NO2. The Hall–Kier alpha value is -1.79. The molecule has 1 aliphatic heterocycles. The molecule has 23 heavy (non-hydrogen) atoms. The number of furan rings is 1. The Morgan fingerprint density at radius 2 is 2.04 bits per heavy atom. The highest BCUT2D eigenvalue weighted by molar-refractivity contribution is 5.58. The van der Waals surface area contributed by atoms with Gasteiger partial charge in [-0.25, -0.2) is 0 Å². The van der Waals surface area contributed by atoms with Crippen LogP contribution < -0.4 is 5.32 Å². The maximum absolute atomic E-state index is 12.8. The number of halogens is 3. The van der Waals surface area contributed by atoms with E-state index in [4.69, 9.17) is 9.15 Å². The number of hydrogen-bond acceptors (Lipinski definition) is 3. The number of benzene rings is 1. The first-order valence-corrected chi connectivity index (χ1v) is 7.61. The summed E-state index contributed by atoms with van der Waals surface area (Å²) in [5, 5.41) is 3.25. The van der Waals surface area contributed by atoms with Crippen LogP contribution in [0.25, 0.3) is 11.3 Å². The van der Waals surface area contributed by atoms with E-state index in [1.54, 1.807) is 18.2 Å². The molecule has 1 aromatic carbocycles. The molecule has 0 bridgehead atoms. The Balaban J connectivity index is 1.62. The van der Waals surface area contributed by atoms with Gasteiger partial charge >= 0.3 is 6.18 Å². The number of alkyl halides is 3. The molecule has 0 spiro atoms. The monoisotopic (exact) mass is 325 g/mol. The summed E-state index contributed by atoms with van der Waals surface area (Å²) in [4.78, 5) is 0. The number of rotatable bonds is 5. The van der Waals surface area contributed by atoms with Gasteiger partial charge in [-0.3, -0.25) is 0 Å². The summed E-state index contributed by atoms with van der Waals surface area (Å²) in [7, 11) is 0. The van der Waals surface area contributed by atoms with Crippen molar-refractivity contribution in [2.75, 3.05) is 13.2 Å². The zero-order valence-corrected chi connectivity index (χ0v) is 12.5. The quantitative estimate of drug-likeness (QED) is 0.893. The van der Waals surface area contributed by atoms with Crippen LogP contribution >= 0.6 is 0 Å². The van der Waals surface area contributed by atoms with Crippen molar-refractivity contribution in [3.8, 4) is 11.3 Å². The van der Waals surface area contributed by atoms with Gasteiger partial charge in [-0.1, -0.05) is 12.1 Å². The smallest absolute Gasteiger partial charge is 0.416 e. The molecule has 1 unspecified atom stereocenters. The van der Waals surface area contributed by atoms with Crippen molar-refractivity contribution in [3.05, 3.63) is 47.7 Å². The molecule has 1 aliphatic rings. The Morgan fingerprint density at radius 1 is 1.17 bits per heavy atom. The first kappa shape index (κ1) is 16.1. The van der Waals surface area contributed by atoms with Gasteiger partial charge in [0.15, 0.2) is 0 Å². The molecule has 2 aromatic rings. The Morgan fingerprint density at radius 3 is 2.78 bits per heavy atom. The molecule has 1 N–H and O–H groups in total. The lowest BCUT2D eigenvalue weighted by molar-refractivity contribution is -0.137. The largest absolute Gasteiger partial charge is 0.460 e. The van der Waals surface area contributed by atoms with Crippen LogP contribution in [-0.4, -0.2) is 19.3 Å². The van der Waals surface area contributed by atoms with E-state index in [1.807, 2.05) is 0 Å². The molecule has 2 heterocycles. The fourth-order valence-electron chi connectivity index (χ4n) is 2.64. The molecule has 0 saturated carbocycles. The predicted molar refractivity (Wildman–Crippen MR) is 79.8 cm³/mol. The van der Waals surface area contributed by atoms with Gasteiger partial charge in [-0.2, -0.15) is 13.2 Å². The molecule has 3 rings (SSSR count). The summed E-state index contributed by atoms with van der Waals surface area (Å²) in [6, 6.07) is 8.61. The molecule has 124 valence electrons. The van der Waals surface area contributed by atoms with Crippen molar-refractivity contribution in [2.24, 2.45) is 0 Å². The molecule has 0 radical (unpaired) electrons. The van der Waals surface area contributed by atoms with Crippen molar-refractivity contribution < 1.29 is 22.3 Å². The Kier molecular flexibility index (Phi) is 4.73. The van der Waals surface area contributed by atoms with Gasteiger partial charge in [0, 0.05) is 18.7 Å². The first-order valence-electron chi connectivity index (χ1n) is 7.61. The summed E-state index contributed by atoms with van der Waals surface area (Å²) >= 11 is 0. The number of ether oxygens (including phenoxy) is 1. The fraction of sp³-hybridized carbons (Fsp3) is 0.412. The predicted octanol–water partition coefficient (Wildman–Crippen LogP) is 4.23. The van der Waals surface area contributed by atoms with Crippen molar-refractivity contribution in [3.63, 3.8) is 0 Å². The second kappa shape index (κ2) is 6.76. The molecule has 0 aliphatic carbocycles. The Bertz CT molecular complexity index is 645. The van der Waals surface area contributed by atoms with Crippen LogP contribution in [0.4, 0.5) is 13.2 Å². The van der Waals surface area contributed by atoms with Gasteiger partial charge in [0.25, 0.3) is 0 Å². The Labute approximate surface area is 132 Å². The number of nitrogens with one attached hydrogen (secondary N) is 1. The second-order valence-electron chi connectivity index (χ2n) is 5.61. The lowest BCUT2D eigenvalue weighted by Crippen LogP contribution is -2.25. The lowest BCUT2D eigenvalue weighted by atomic mass is 10.1. The summed E-state index contributed by atoms with van der Waals surface area (Å²) in [5.74, 6) is 1.13. The van der Waals surface area contributed by atoms with Crippen molar-refractivity contribution in [1.82, 2.24) is 5.32 Å². The topological polar surface area (TPSA) is 34.4 Å². The van der Waals surface area contributed by atoms with E-state index in [1.165, 1.54) is 6.07 Å². The minimum absolute atomic E-state index is 0.243. The third-order valence-corrected chi connectivity index (χ3v) is 3.83. The minimum Gasteiger partial charge on any atom is -0.460 e. The van der Waals surface area contributed by atoms with Gasteiger partial charge in [0.2, 0.25) is 0 Å². The van der Waals surface area contributed by atoms with Gasteiger partial charge in [0.1, 0.15) is 11.5 Å². The molecule has 1 atom stereocenters. The van der Waals surface area contributed by atoms with E-state index in [2.05, 4.69) is 5.32 Å². The molecular weight excluding hydrogens is 307 g/mol. The van der Waals surface area contributed by atoms with Crippen LogP contribution in [-0.2, 0) is 17.5 Å². The van der Waals surface area contributed by atoms with Crippen molar-refractivity contribution >= 4 is 0 Å². The van der Waals surface area contributed by atoms with Gasteiger partial charge in [0.05, 0.1) is 18.2 Å². The maximum Gasteiger partial charge on any atom is 0.416 e. The van der Waals surface area contributed by atoms with E-state index in [0.29, 0.717) is 23.6 Å². The van der Waals surface area contributed by atoms with Gasteiger partial charge < -0.3 is 14.5 Å². The van der Waals surface area contributed by atoms with Crippen molar-refractivity contribution in [2.45, 2.75) is 31.7 Å². The molecule has 3 nitrogen and oxygen atoms in total. The normalized spacial score (nSPS) is 18.5. The van der Waals surface area contributed by atoms with E-state index < -0.39 is 11.7 Å². The standard InChI is InChI=1S/C17H18F3NO2/c18-17(19,20)13-4-1-3-12(9-13)16-7-6-15(23-16)11-21-10-14-5-2-8-22-14/h1,3-4,6-7,9,14,21H,2,5,8,10-11H2. The molecule has 1 saturated heterocycles.